The third kappa shape index (κ3) is 3.21. The van der Waals surface area contributed by atoms with Crippen molar-refractivity contribution in [3.05, 3.63) is 35.8 Å². The Bertz CT molecular complexity index is 645. The van der Waals surface area contributed by atoms with Crippen LogP contribution < -0.4 is 10.6 Å². The van der Waals surface area contributed by atoms with Crippen molar-refractivity contribution < 1.29 is 4.79 Å². The predicted octanol–water partition coefficient (Wildman–Crippen LogP) is 3.45. The highest BCUT2D eigenvalue weighted by molar-refractivity contribution is 5.99. The molecule has 1 aliphatic carbocycles. The van der Waals surface area contributed by atoms with E-state index in [0.717, 1.165) is 29.9 Å². The normalized spacial score (nSPS) is 14.2. The van der Waals surface area contributed by atoms with Crippen molar-refractivity contribution in [1.29, 1.82) is 0 Å². The van der Waals surface area contributed by atoms with E-state index in [1.54, 1.807) is 12.3 Å². The van der Waals surface area contributed by atoms with Crippen LogP contribution in [0.3, 0.4) is 0 Å². The van der Waals surface area contributed by atoms with E-state index in [0.29, 0.717) is 17.7 Å². The molecule has 21 heavy (non-hydrogen) atoms. The first-order chi connectivity index (χ1) is 10.1. The van der Waals surface area contributed by atoms with Crippen molar-refractivity contribution in [1.82, 2.24) is 15.2 Å². The van der Waals surface area contributed by atoms with Crippen molar-refractivity contribution in [2.45, 2.75) is 38.5 Å². The average Bonchev–Trinajstić information content (AvgIpc) is 3.19. The summed E-state index contributed by atoms with van der Waals surface area (Å²) >= 11 is 0. The van der Waals surface area contributed by atoms with Crippen LogP contribution in [0.1, 0.15) is 49.9 Å². The van der Waals surface area contributed by atoms with Gasteiger partial charge in [0.1, 0.15) is 5.82 Å². The molecule has 2 amide bonds. The Hall–Kier alpha value is -2.37. The molecule has 0 aliphatic heterocycles. The van der Waals surface area contributed by atoms with Crippen molar-refractivity contribution in [3.8, 4) is 0 Å². The number of nitrogens with zero attached hydrogens (tertiary/aromatic N) is 2. The first-order valence-corrected chi connectivity index (χ1v) is 7.21. The summed E-state index contributed by atoms with van der Waals surface area (Å²) in [5.41, 5.74) is 2.71. The fourth-order valence-corrected chi connectivity index (χ4v) is 2.19. The highest BCUT2D eigenvalue weighted by Crippen LogP contribution is 2.42. The molecule has 6 nitrogen and oxygen atoms in total. The summed E-state index contributed by atoms with van der Waals surface area (Å²) in [4.78, 5) is 16.5. The van der Waals surface area contributed by atoms with E-state index in [9.17, 15) is 4.79 Å². The SMILES string of the molecule is CC(C)c1cccc(NC(=O)Nc2cn[nH]c2C2CC2)n1. The lowest BCUT2D eigenvalue weighted by atomic mass is 10.1. The third-order valence-electron chi connectivity index (χ3n) is 3.51. The van der Waals surface area contributed by atoms with Gasteiger partial charge in [-0.1, -0.05) is 19.9 Å². The topological polar surface area (TPSA) is 82.7 Å². The lowest BCUT2D eigenvalue weighted by Crippen LogP contribution is -2.20. The van der Waals surface area contributed by atoms with Crippen LogP contribution in [0.15, 0.2) is 24.4 Å². The van der Waals surface area contributed by atoms with Gasteiger partial charge in [0.15, 0.2) is 0 Å². The lowest BCUT2D eigenvalue weighted by Gasteiger charge is -2.09. The maximum atomic E-state index is 12.1. The van der Waals surface area contributed by atoms with E-state index in [1.807, 2.05) is 12.1 Å². The zero-order valence-electron chi connectivity index (χ0n) is 12.2. The molecule has 0 spiro atoms. The number of hydrogen-bond donors (Lipinski definition) is 3. The van der Waals surface area contributed by atoms with Crippen LogP contribution in [0.5, 0.6) is 0 Å². The molecule has 2 aromatic heterocycles. The van der Waals surface area contributed by atoms with Crippen LogP contribution in [-0.4, -0.2) is 21.2 Å². The number of aromatic nitrogens is 3. The van der Waals surface area contributed by atoms with Crippen LogP contribution in [0.25, 0.3) is 0 Å². The van der Waals surface area contributed by atoms with Gasteiger partial charge in [-0.05, 0) is 30.9 Å². The number of nitrogens with one attached hydrogen (secondary N) is 3. The monoisotopic (exact) mass is 285 g/mol. The van der Waals surface area contributed by atoms with E-state index >= 15 is 0 Å². The summed E-state index contributed by atoms with van der Waals surface area (Å²) in [7, 11) is 0. The Balaban J connectivity index is 1.66. The number of hydrogen-bond acceptors (Lipinski definition) is 3. The molecule has 0 atom stereocenters. The van der Waals surface area contributed by atoms with Crippen LogP contribution in [0.4, 0.5) is 16.3 Å². The van der Waals surface area contributed by atoms with Crippen molar-refractivity contribution in [2.75, 3.05) is 10.6 Å². The van der Waals surface area contributed by atoms with Gasteiger partial charge < -0.3 is 5.32 Å². The molecule has 0 bridgehead atoms. The van der Waals surface area contributed by atoms with Gasteiger partial charge in [-0.25, -0.2) is 9.78 Å². The molecule has 3 rings (SSSR count). The highest BCUT2D eigenvalue weighted by atomic mass is 16.2. The van der Waals surface area contributed by atoms with Gasteiger partial charge in [0, 0.05) is 11.6 Å². The minimum absolute atomic E-state index is 0.299. The second-order valence-electron chi connectivity index (χ2n) is 5.65. The number of aromatic amines is 1. The smallest absolute Gasteiger partial charge is 0.305 e. The molecule has 6 heteroatoms. The number of anilines is 2. The largest absolute Gasteiger partial charge is 0.324 e. The van der Waals surface area contributed by atoms with Crippen molar-refractivity contribution in [3.63, 3.8) is 0 Å². The first-order valence-electron chi connectivity index (χ1n) is 7.21. The standard InChI is InChI=1S/C15H19N5O/c1-9(2)11-4-3-5-13(17-11)19-15(21)18-12-8-16-20-14(12)10-6-7-10/h3-5,8-10H,6-7H2,1-2H3,(H,16,20)(H2,17,18,19,21). The number of carbonyl (C=O) groups is 1. The molecular weight excluding hydrogens is 266 g/mol. The molecule has 2 aromatic rings. The quantitative estimate of drug-likeness (QED) is 0.804. The highest BCUT2D eigenvalue weighted by Gasteiger charge is 2.28. The van der Waals surface area contributed by atoms with Gasteiger partial charge in [0.2, 0.25) is 0 Å². The first kappa shape index (κ1) is 13.6. The molecular formula is C15H19N5O. The van der Waals surface area contributed by atoms with Gasteiger partial charge in [-0.3, -0.25) is 10.4 Å². The van der Waals surface area contributed by atoms with Crippen molar-refractivity contribution >= 4 is 17.5 Å². The van der Waals surface area contributed by atoms with Gasteiger partial charge in [0.25, 0.3) is 0 Å². The fourth-order valence-electron chi connectivity index (χ4n) is 2.19. The van der Waals surface area contributed by atoms with E-state index in [4.69, 9.17) is 0 Å². The Morgan fingerprint density at radius 2 is 2.14 bits per heavy atom. The summed E-state index contributed by atoms with van der Waals surface area (Å²) in [5, 5.41) is 12.5. The van der Waals surface area contributed by atoms with Gasteiger partial charge in [-0.15, -0.1) is 0 Å². The van der Waals surface area contributed by atoms with E-state index in [1.165, 1.54) is 0 Å². The molecule has 110 valence electrons. The van der Waals surface area contributed by atoms with Crippen LogP contribution in [0.2, 0.25) is 0 Å². The lowest BCUT2D eigenvalue weighted by molar-refractivity contribution is 0.262. The molecule has 3 N–H and O–H groups in total. The zero-order chi connectivity index (χ0) is 14.8. The molecule has 0 aromatic carbocycles. The summed E-state index contributed by atoms with van der Waals surface area (Å²) in [6, 6.07) is 5.33. The minimum atomic E-state index is -0.299. The fraction of sp³-hybridized carbons (Fsp3) is 0.400. The summed E-state index contributed by atoms with van der Waals surface area (Å²) in [5.74, 6) is 1.38. The van der Waals surface area contributed by atoms with E-state index in [-0.39, 0.29) is 6.03 Å². The number of rotatable bonds is 4. The second-order valence-corrected chi connectivity index (χ2v) is 5.65. The van der Waals surface area contributed by atoms with E-state index < -0.39 is 0 Å². The van der Waals surface area contributed by atoms with Gasteiger partial charge >= 0.3 is 6.03 Å². The molecule has 0 unspecified atom stereocenters. The second kappa shape index (κ2) is 5.55. The maximum absolute atomic E-state index is 12.1. The summed E-state index contributed by atoms with van der Waals surface area (Å²) in [6.07, 6.45) is 3.94. The summed E-state index contributed by atoms with van der Waals surface area (Å²) in [6.45, 7) is 4.14. The van der Waals surface area contributed by atoms with E-state index in [2.05, 4.69) is 39.7 Å². The van der Waals surface area contributed by atoms with Gasteiger partial charge in [-0.2, -0.15) is 5.10 Å². The summed E-state index contributed by atoms with van der Waals surface area (Å²) < 4.78 is 0. The van der Waals surface area contributed by atoms with Gasteiger partial charge in [0.05, 0.1) is 17.6 Å². The number of pyridine rings is 1. The Labute approximate surface area is 123 Å². The molecule has 0 radical (unpaired) electrons. The average molecular weight is 285 g/mol. The van der Waals surface area contributed by atoms with Crippen LogP contribution >= 0.6 is 0 Å². The molecule has 0 saturated heterocycles. The van der Waals surface area contributed by atoms with Crippen LogP contribution in [-0.2, 0) is 0 Å². The number of carbonyl (C=O) groups excluding carboxylic acids is 1. The molecule has 1 aliphatic rings. The number of amides is 2. The minimum Gasteiger partial charge on any atom is -0.305 e. The zero-order valence-corrected chi connectivity index (χ0v) is 12.2. The predicted molar refractivity (Wildman–Crippen MR) is 81.5 cm³/mol. The maximum Gasteiger partial charge on any atom is 0.324 e. The Morgan fingerprint density at radius 3 is 2.86 bits per heavy atom. The van der Waals surface area contributed by atoms with Crippen LogP contribution in [0, 0.1) is 0 Å². The Morgan fingerprint density at radius 1 is 1.33 bits per heavy atom. The van der Waals surface area contributed by atoms with Crippen molar-refractivity contribution in [2.24, 2.45) is 0 Å². The molecule has 1 saturated carbocycles. The third-order valence-corrected chi connectivity index (χ3v) is 3.51. The Kier molecular flexibility index (Phi) is 3.60. The number of H-pyrrole nitrogens is 1. The number of urea groups is 1. The molecule has 2 heterocycles. The molecule has 1 fully saturated rings.